The van der Waals surface area contributed by atoms with Crippen LogP contribution in [0.25, 0.3) is 0 Å². The lowest BCUT2D eigenvalue weighted by Crippen LogP contribution is -2.57. The highest BCUT2D eigenvalue weighted by Crippen LogP contribution is 2.70. The highest BCUT2D eigenvalue weighted by molar-refractivity contribution is 5.95. The second-order valence-corrected chi connectivity index (χ2v) is 11.4. The lowest BCUT2D eigenvalue weighted by molar-refractivity contribution is -0.129. The molecule has 3 fully saturated rings. The molecule has 2 bridgehead atoms. The molecule has 0 radical (unpaired) electrons. The van der Waals surface area contributed by atoms with Crippen LogP contribution in [-0.2, 0) is 0 Å². The van der Waals surface area contributed by atoms with Crippen LogP contribution in [0.15, 0.2) is 0 Å². The molecule has 1 aliphatic heterocycles. The van der Waals surface area contributed by atoms with E-state index in [2.05, 4.69) is 27.7 Å². The number of fused-ring (bicyclic) bond motifs is 4. The number of phenolic OH excluding ortho intramolecular Hbond substituents is 2. The Morgan fingerprint density at radius 2 is 1.60 bits per heavy atom. The SMILES string of the molecule is C[C@@H]1c2c(O)c(C=O)c(O)c(C=O)c2O[C@@]23CC[C@@H]4[C@H](CC4(C)C)[C@@](C)(CC[C@@H]12)C3. The molecule has 1 aromatic carbocycles. The molecular weight excluding hydrogens is 380 g/mol. The molecule has 6 atom stereocenters. The van der Waals surface area contributed by atoms with Gasteiger partial charge in [-0.1, -0.05) is 27.7 Å². The molecule has 1 heterocycles. The van der Waals surface area contributed by atoms with Gasteiger partial charge in [0.25, 0.3) is 0 Å². The number of carbonyl (C=O) groups excluding carboxylic acids is 2. The molecule has 3 aliphatic carbocycles. The number of ether oxygens (including phenoxy) is 1. The summed E-state index contributed by atoms with van der Waals surface area (Å²) in [5.74, 6) is 1.12. The zero-order valence-corrected chi connectivity index (χ0v) is 18.3. The molecule has 1 spiro atoms. The highest BCUT2D eigenvalue weighted by atomic mass is 16.5. The molecule has 5 nitrogen and oxygen atoms in total. The van der Waals surface area contributed by atoms with Crippen LogP contribution in [0.2, 0.25) is 0 Å². The van der Waals surface area contributed by atoms with E-state index < -0.39 is 11.4 Å². The van der Waals surface area contributed by atoms with Gasteiger partial charge >= 0.3 is 0 Å². The zero-order chi connectivity index (χ0) is 21.6. The van der Waals surface area contributed by atoms with Crippen LogP contribution < -0.4 is 4.74 Å². The van der Waals surface area contributed by atoms with Crippen molar-refractivity contribution >= 4 is 12.6 Å². The average molecular weight is 413 g/mol. The lowest BCUT2D eigenvalue weighted by atomic mass is 9.45. The fourth-order valence-electron chi connectivity index (χ4n) is 8.00. The number of aromatic hydroxyl groups is 2. The Labute approximate surface area is 177 Å². The first-order valence-corrected chi connectivity index (χ1v) is 11.3. The van der Waals surface area contributed by atoms with Crippen molar-refractivity contribution in [1.29, 1.82) is 0 Å². The molecule has 5 rings (SSSR count). The summed E-state index contributed by atoms with van der Waals surface area (Å²) in [6.07, 6.45) is 7.34. The van der Waals surface area contributed by atoms with Gasteiger partial charge in [-0.3, -0.25) is 9.59 Å². The molecule has 5 heteroatoms. The van der Waals surface area contributed by atoms with E-state index in [0.717, 1.165) is 32.1 Å². The van der Waals surface area contributed by atoms with Crippen molar-refractivity contribution < 1.29 is 24.5 Å². The number of aldehydes is 2. The Balaban J connectivity index is 1.67. The van der Waals surface area contributed by atoms with Crippen LogP contribution in [0, 0.1) is 28.6 Å². The van der Waals surface area contributed by atoms with Crippen molar-refractivity contribution in [2.24, 2.45) is 28.6 Å². The predicted molar refractivity (Wildman–Crippen MR) is 112 cm³/mol. The Hall–Kier alpha value is -2.04. The van der Waals surface area contributed by atoms with Crippen LogP contribution >= 0.6 is 0 Å². The van der Waals surface area contributed by atoms with E-state index in [-0.39, 0.29) is 39.9 Å². The van der Waals surface area contributed by atoms with Crippen molar-refractivity contribution in [3.05, 3.63) is 16.7 Å². The number of hydrogen-bond donors (Lipinski definition) is 2. The summed E-state index contributed by atoms with van der Waals surface area (Å²) < 4.78 is 6.72. The zero-order valence-electron chi connectivity index (χ0n) is 18.3. The molecule has 0 aromatic heterocycles. The van der Waals surface area contributed by atoms with Gasteiger partial charge < -0.3 is 14.9 Å². The Bertz CT molecular complexity index is 950. The third kappa shape index (κ3) is 2.29. The van der Waals surface area contributed by atoms with Gasteiger partial charge in [-0.05, 0) is 67.1 Å². The largest absolute Gasteiger partial charge is 0.507 e. The molecule has 1 aromatic rings. The molecule has 0 amide bonds. The first-order valence-electron chi connectivity index (χ1n) is 11.3. The number of rotatable bonds is 2. The smallest absolute Gasteiger partial charge is 0.157 e. The number of hydrogen-bond acceptors (Lipinski definition) is 5. The number of phenols is 2. The number of benzene rings is 1. The van der Waals surface area contributed by atoms with Crippen molar-refractivity contribution in [2.75, 3.05) is 0 Å². The summed E-state index contributed by atoms with van der Waals surface area (Å²) in [7, 11) is 0. The van der Waals surface area contributed by atoms with Gasteiger partial charge in [-0.15, -0.1) is 0 Å². The number of carbonyl (C=O) groups is 2. The third-order valence-corrected chi connectivity index (χ3v) is 9.52. The van der Waals surface area contributed by atoms with Crippen molar-refractivity contribution in [1.82, 2.24) is 0 Å². The lowest BCUT2D eigenvalue weighted by Gasteiger charge is -2.60. The van der Waals surface area contributed by atoms with Crippen LogP contribution in [0.4, 0.5) is 0 Å². The second-order valence-electron chi connectivity index (χ2n) is 11.4. The Morgan fingerprint density at radius 1 is 0.933 bits per heavy atom. The highest BCUT2D eigenvalue weighted by Gasteiger charge is 2.64. The summed E-state index contributed by atoms with van der Waals surface area (Å²) in [5.41, 5.74) is 0.445. The first kappa shape index (κ1) is 19.9. The minimum atomic E-state index is -0.480. The molecule has 2 N–H and O–H groups in total. The third-order valence-electron chi connectivity index (χ3n) is 9.52. The summed E-state index contributed by atoms with van der Waals surface area (Å²) in [6.45, 7) is 9.24. The van der Waals surface area contributed by atoms with Gasteiger partial charge in [-0.2, -0.15) is 0 Å². The fourth-order valence-corrected chi connectivity index (χ4v) is 8.00. The molecule has 0 saturated heterocycles. The van der Waals surface area contributed by atoms with E-state index in [1.54, 1.807) is 0 Å². The van der Waals surface area contributed by atoms with Gasteiger partial charge in [0.2, 0.25) is 0 Å². The van der Waals surface area contributed by atoms with E-state index in [4.69, 9.17) is 4.74 Å². The van der Waals surface area contributed by atoms with Gasteiger partial charge in [0.05, 0.1) is 11.1 Å². The van der Waals surface area contributed by atoms with Crippen LogP contribution in [-0.4, -0.2) is 28.4 Å². The van der Waals surface area contributed by atoms with Crippen molar-refractivity contribution in [2.45, 2.75) is 77.7 Å². The standard InChI is InChI=1S/C25H32O5/c1-13-16-5-7-24(4)12-25(16,8-6-17-18(24)9-23(17,2)3)30-22-15(11-27)20(28)14(10-26)21(29)19(13)22/h10-11,13,16-18,28-29H,5-9,12H2,1-4H3/t13-,16-,17+,18-,24-,25+/m0/s1. The topological polar surface area (TPSA) is 83.8 Å². The van der Waals surface area contributed by atoms with Crippen molar-refractivity contribution in [3.8, 4) is 17.2 Å². The average Bonchev–Trinajstić information content (AvgIpc) is 2.73. The summed E-state index contributed by atoms with van der Waals surface area (Å²) >= 11 is 0. The van der Waals surface area contributed by atoms with Gasteiger partial charge in [-0.25, -0.2) is 0 Å². The summed E-state index contributed by atoms with van der Waals surface area (Å²) in [5, 5.41) is 21.3. The minimum absolute atomic E-state index is 0.00981. The van der Waals surface area contributed by atoms with Crippen LogP contribution in [0.3, 0.4) is 0 Å². The molecule has 0 unspecified atom stereocenters. The predicted octanol–water partition coefficient (Wildman–Crippen LogP) is 5.22. The monoisotopic (exact) mass is 412 g/mol. The van der Waals surface area contributed by atoms with E-state index >= 15 is 0 Å². The maximum Gasteiger partial charge on any atom is 0.157 e. The molecule has 162 valence electrons. The van der Waals surface area contributed by atoms with E-state index in [1.165, 1.54) is 6.42 Å². The maximum absolute atomic E-state index is 11.9. The molecule has 30 heavy (non-hydrogen) atoms. The van der Waals surface area contributed by atoms with Crippen molar-refractivity contribution in [3.63, 3.8) is 0 Å². The summed E-state index contributed by atoms with van der Waals surface area (Å²) in [4.78, 5) is 23.4. The first-order chi connectivity index (χ1) is 14.1. The molecular formula is C25H32O5. The Kier molecular flexibility index (Phi) is 3.99. The van der Waals surface area contributed by atoms with Gasteiger partial charge in [0, 0.05) is 11.5 Å². The Morgan fingerprint density at radius 3 is 2.23 bits per heavy atom. The maximum atomic E-state index is 11.9. The second kappa shape index (κ2) is 6.02. The van der Waals surface area contributed by atoms with Crippen LogP contribution in [0.5, 0.6) is 17.2 Å². The van der Waals surface area contributed by atoms with Gasteiger partial charge in [0.1, 0.15) is 22.8 Å². The van der Waals surface area contributed by atoms with Gasteiger partial charge in [0.15, 0.2) is 12.6 Å². The molecule has 4 aliphatic rings. The fraction of sp³-hybridized carbons (Fsp3) is 0.680. The van der Waals surface area contributed by atoms with E-state index in [0.29, 0.717) is 35.4 Å². The minimum Gasteiger partial charge on any atom is -0.507 e. The van der Waals surface area contributed by atoms with E-state index in [9.17, 15) is 19.8 Å². The quantitative estimate of drug-likeness (QED) is 0.651. The summed E-state index contributed by atoms with van der Waals surface area (Å²) in [6, 6.07) is 0. The van der Waals surface area contributed by atoms with E-state index in [1.807, 2.05) is 0 Å². The molecule has 3 saturated carbocycles. The van der Waals surface area contributed by atoms with Crippen LogP contribution in [0.1, 0.15) is 98.4 Å². The normalized spacial score (nSPS) is 40.5.